The van der Waals surface area contributed by atoms with E-state index in [1.165, 1.54) is 0 Å². The Balaban J connectivity index is 5.03. The van der Waals surface area contributed by atoms with Crippen molar-refractivity contribution in [3.05, 3.63) is 0 Å². The summed E-state index contributed by atoms with van der Waals surface area (Å²) in [5.74, 6) is -2.25. The molecule has 55 heavy (non-hydrogen) atoms. The molecule has 0 radical (unpaired) electrons. The van der Waals surface area contributed by atoms with E-state index in [4.69, 9.17) is 37.0 Å². The summed E-state index contributed by atoms with van der Waals surface area (Å²) in [7, 11) is -9.77. The molecular formula is C36H68O17P2. The van der Waals surface area contributed by atoms with E-state index < -0.39 is 97.5 Å². The Morgan fingerprint density at radius 3 is 1.11 bits per heavy atom. The summed E-state index contributed by atoms with van der Waals surface area (Å²) >= 11 is 0. The summed E-state index contributed by atoms with van der Waals surface area (Å²) in [6.45, 7) is 4.06. The molecular weight excluding hydrogens is 766 g/mol. The first-order valence-corrected chi connectivity index (χ1v) is 22.8. The molecule has 2 unspecified atom stereocenters. The lowest BCUT2D eigenvalue weighted by atomic mass is 10.1. The molecule has 0 aliphatic heterocycles. The maximum absolute atomic E-state index is 12.5. The third-order valence-electron chi connectivity index (χ3n) is 7.85. The van der Waals surface area contributed by atoms with E-state index in [2.05, 4.69) is 6.92 Å². The molecule has 0 fully saturated rings. The second kappa shape index (κ2) is 33.1. The molecule has 19 heteroatoms. The first-order valence-electron chi connectivity index (χ1n) is 19.8. The van der Waals surface area contributed by atoms with Gasteiger partial charge in [0.15, 0.2) is 12.2 Å². The average Bonchev–Trinajstić information content (AvgIpc) is 3.14. The van der Waals surface area contributed by atoms with Crippen LogP contribution in [0, 0.1) is 0 Å². The van der Waals surface area contributed by atoms with E-state index >= 15 is 0 Å². The Bertz CT molecular complexity index is 1140. The van der Waals surface area contributed by atoms with Crippen LogP contribution in [-0.4, -0.2) is 96.7 Å². The molecule has 0 amide bonds. The van der Waals surface area contributed by atoms with E-state index in [-0.39, 0.29) is 25.7 Å². The van der Waals surface area contributed by atoms with Crippen LogP contribution in [-0.2, 0) is 65.4 Å². The predicted molar refractivity (Wildman–Crippen MR) is 202 cm³/mol. The number of aliphatic hydroxyl groups excluding tert-OH is 1. The summed E-state index contributed by atoms with van der Waals surface area (Å²) in [6.07, 6.45) is 8.81. The summed E-state index contributed by atoms with van der Waals surface area (Å²) < 4.78 is 65.5. The highest BCUT2D eigenvalue weighted by atomic mass is 31.2. The predicted octanol–water partition coefficient (Wildman–Crippen LogP) is 7.02. The number of phosphoric acid groups is 2. The van der Waals surface area contributed by atoms with Gasteiger partial charge < -0.3 is 33.8 Å². The van der Waals surface area contributed by atoms with Crippen molar-refractivity contribution in [2.24, 2.45) is 0 Å². The largest absolute Gasteiger partial charge is 0.472 e. The van der Waals surface area contributed by atoms with E-state index in [0.717, 1.165) is 70.6 Å². The van der Waals surface area contributed by atoms with E-state index in [9.17, 15) is 43.2 Å². The maximum Gasteiger partial charge on any atom is 0.472 e. The Morgan fingerprint density at radius 1 is 0.436 bits per heavy atom. The van der Waals surface area contributed by atoms with Crippen LogP contribution in [0.2, 0.25) is 0 Å². The molecule has 324 valence electrons. The molecule has 0 aromatic rings. The number of hydrogen-bond acceptors (Lipinski definition) is 15. The molecule has 3 N–H and O–H groups in total. The van der Waals surface area contributed by atoms with Crippen LogP contribution in [0.15, 0.2) is 0 Å². The maximum atomic E-state index is 12.5. The number of esters is 4. The lowest BCUT2D eigenvalue weighted by Gasteiger charge is -2.21. The van der Waals surface area contributed by atoms with Crippen LogP contribution >= 0.6 is 15.6 Å². The minimum Gasteiger partial charge on any atom is -0.462 e. The zero-order chi connectivity index (χ0) is 41.4. The quantitative estimate of drug-likeness (QED) is 0.0247. The number of unbranched alkanes of at least 4 members (excludes halogenated alkanes) is 11. The van der Waals surface area contributed by atoms with Crippen molar-refractivity contribution >= 4 is 39.5 Å². The summed E-state index contributed by atoms with van der Waals surface area (Å²) in [5, 5.41) is 10.2. The van der Waals surface area contributed by atoms with Gasteiger partial charge in [-0.05, 0) is 25.7 Å². The second-order valence-corrected chi connectivity index (χ2v) is 16.2. The Morgan fingerprint density at radius 2 is 0.727 bits per heavy atom. The van der Waals surface area contributed by atoms with Crippen LogP contribution in [0.1, 0.15) is 150 Å². The van der Waals surface area contributed by atoms with Crippen molar-refractivity contribution < 1.29 is 80.2 Å². The smallest absolute Gasteiger partial charge is 0.462 e. The van der Waals surface area contributed by atoms with Gasteiger partial charge in [0.05, 0.1) is 26.4 Å². The third-order valence-corrected chi connectivity index (χ3v) is 9.75. The summed E-state index contributed by atoms with van der Waals surface area (Å²) in [6, 6.07) is 0. The lowest BCUT2D eigenvalue weighted by molar-refractivity contribution is -0.161. The van der Waals surface area contributed by atoms with E-state index in [1.54, 1.807) is 0 Å². The monoisotopic (exact) mass is 834 g/mol. The van der Waals surface area contributed by atoms with Crippen molar-refractivity contribution in [1.82, 2.24) is 0 Å². The van der Waals surface area contributed by atoms with Crippen LogP contribution in [0.4, 0.5) is 0 Å². The van der Waals surface area contributed by atoms with Gasteiger partial charge in [0.25, 0.3) is 0 Å². The zero-order valence-electron chi connectivity index (χ0n) is 33.4. The van der Waals surface area contributed by atoms with Gasteiger partial charge in [0.2, 0.25) is 0 Å². The normalized spacial score (nSPS) is 15.3. The zero-order valence-corrected chi connectivity index (χ0v) is 35.2. The molecule has 17 nitrogen and oxygen atoms in total. The molecule has 0 heterocycles. The molecule has 0 aliphatic carbocycles. The van der Waals surface area contributed by atoms with E-state index in [0.29, 0.717) is 25.7 Å². The van der Waals surface area contributed by atoms with Gasteiger partial charge in [-0.3, -0.25) is 37.3 Å². The van der Waals surface area contributed by atoms with Gasteiger partial charge >= 0.3 is 39.5 Å². The van der Waals surface area contributed by atoms with Crippen LogP contribution in [0.3, 0.4) is 0 Å². The number of carbonyl (C=O) groups is 4. The molecule has 0 saturated carbocycles. The van der Waals surface area contributed by atoms with E-state index in [1.807, 2.05) is 20.8 Å². The second-order valence-electron chi connectivity index (χ2n) is 13.3. The number of phosphoric ester groups is 2. The van der Waals surface area contributed by atoms with Crippen molar-refractivity contribution in [2.45, 2.75) is 168 Å². The van der Waals surface area contributed by atoms with Gasteiger partial charge in [-0.2, -0.15) is 0 Å². The minimum atomic E-state index is -4.89. The highest BCUT2D eigenvalue weighted by Crippen LogP contribution is 2.45. The first-order chi connectivity index (χ1) is 26.2. The number of aliphatic hydroxyl groups is 1. The molecule has 0 aromatic carbocycles. The Kier molecular flexibility index (Phi) is 31.9. The van der Waals surface area contributed by atoms with Crippen LogP contribution < -0.4 is 0 Å². The summed E-state index contributed by atoms with van der Waals surface area (Å²) in [5.41, 5.74) is 0. The molecule has 0 aromatic heterocycles. The highest BCUT2D eigenvalue weighted by Gasteiger charge is 2.30. The first kappa shape index (κ1) is 53.1. The number of rotatable bonds is 37. The van der Waals surface area contributed by atoms with Gasteiger partial charge in [-0.15, -0.1) is 0 Å². The fourth-order valence-electron chi connectivity index (χ4n) is 4.68. The lowest BCUT2D eigenvalue weighted by Crippen LogP contribution is -2.30. The van der Waals surface area contributed by atoms with Gasteiger partial charge in [-0.1, -0.05) is 98.3 Å². The van der Waals surface area contributed by atoms with Crippen LogP contribution in [0.5, 0.6) is 0 Å². The van der Waals surface area contributed by atoms with Gasteiger partial charge in [0.1, 0.15) is 19.3 Å². The number of ether oxygens (including phenoxy) is 4. The minimum absolute atomic E-state index is 0.0884. The third kappa shape index (κ3) is 32.8. The molecule has 0 bridgehead atoms. The SMILES string of the molecule is CCCCCCCC(=O)OC[C@H](COP(=O)(O)OC[C@@H](O)COP(=O)(O)OC[C@@H](COC(=O)CCCCC)OC(=O)CCCCCC)OC(=O)CCCCC. The molecule has 0 rings (SSSR count). The molecule has 0 aliphatic rings. The highest BCUT2D eigenvalue weighted by molar-refractivity contribution is 7.47. The Labute approximate surface area is 327 Å². The van der Waals surface area contributed by atoms with Crippen molar-refractivity contribution in [2.75, 3.05) is 39.6 Å². The van der Waals surface area contributed by atoms with Crippen molar-refractivity contribution in [1.29, 1.82) is 0 Å². The summed E-state index contributed by atoms with van der Waals surface area (Å²) in [4.78, 5) is 69.2. The molecule has 0 saturated heterocycles. The van der Waals surface area contributed by atoms with Crippen LogP contribution in [0.25, 0.3) is 0 Å². The fraction of sp³-hybridized carbons (Fsp3) is 0.889. The van der Waals surface area contributed by atoms with Gasteiger partial charge in [-0.25, -0.2) is 9.13 Å². The topological polar surface area (TPSA) is 237 Å². The average molecular weight is 835 g/mol. The standard InChI is InChI=1S/C36H68O17P2/c1-5-9-13-15-19-21-34(39)47-27-31(52-35(40)22-17-12-8-4)28-50-54(42,43)48-24-30(37)25-49-55(44,45)51-29-32(26-46-33(38)20-16-11-7-3)53-36(41)23-18-14-10-6-2/h30-32,37H,5-29H2,1-4H3,(H,42,43)(H,44,45)/t30-,31-,32-/m1/s1. The van der Waals surface area contributed by atoms with Crippen molar-refractivity contribution in [3.63, 3.8) is 0 Å². The number of hydrogen-bond donors (Lipinski definition) is 3. The molecule has 5 atom stereocenters. The fourth-order valence-corrected chi connectivity index (χ4v) is 6.26. The van der Waals surface area contributed by atoms with Gasteiger partial charge in [0, 0.05) is 25.7 Å². The van der Waals surface area contributed by atoms with Crippen molar-refractivity contribution in [3.8, 4) is 0 Å². The Hall–Kier alpha value is -1.94. The number of carbonyl (C=O) groups excluding carboxylic acids is 4. The molecule has 0 spiro atoms.